The van der Waals surface area contributed by atoms with Crippen molar-refractivity contribution in [1.82, 2.24) is 5.32 Å². The topological polar surface area (TPSA) is 72.1 Å². The van der Waals surface area contributed by atoms with Gasteiger partial charge in [0.2, 0.25) is 0 Å². The van der Waals surface area contributed by atoms with E-state index in [-0.39, 0.29) is 12.2 Å². The van der Waals surface area contributed by atoms with Crippen molar-refractivity contribution in [3.05, 3.63) is 47.5 Å². The number of ether oxygens (including phenoxy) is 3. The van der Waals surface area contributed by atoms with E-state index in [2.05, 4.69) is 10.6 Å². The van der Waals surface area contributed by atoms with Gasteiger partial charge >= 0.3 is 12.2 Å². The number of morpholine rings is 1. The molecule has 0 unspecified atom stereocenters. The number of urea groups is 1. The third-order valence-corrected chi connectivity index (χ3v) is 4.85. The number of rotatable bonds is 6. The van der Waals surface area contributed by atoms with Crippen molar-refractivity contribution in [3.63, 3.8) is 0 Å². The number of para-hydroxylation sites is 1. The van der Waals surface area contributed by atoms with E-state index < -0.39 is 17.8 Å². The van der Waals surface area contributed by atoms with Crippen molar-refractivity contribution in [2.24, 2.45) is 0 Å². The van der Waals surface area contributed by atoms with E-state index in [9.17, 15) is 18.0 Å². The highest BCUT2D eigenvalue weighted by Crippen LogP contribution is 2.36. The van der Waals surface area contributed by atoms with Gasteiger partial charge in [-0.2, -0.15) is 13.2 Å². The first-order valence-corrected chi connectivity index (χ1v) is 9.62. The number of alkyl halides is 3. The quantitative estimate of drug-likeness (QED) is 0.715. The zero-order chi connectivity index (χ0) is 22.4. The molecular weight excluding hydrogens is 415 g/mol. The number of halogens is 3. The molecule has 1 fully saturated rings. The van der Waals surface area contributed by atoms with Crippen molar-refractivity contribution in [3.8, 4) is 11.5 Å². The molecule has 1 aliphatic rings. The lowest BCUT2D eigenvalue weighted by Crippen LogP contribution is -2.37. The van der Waals surface area contributed by atoms with E-state index in [1.165, 1.54) is 20.3 Å². The van der Waals surface area contributed by atoms with Gasteiger partial charge < -0.3 is 29.7 Å². The predicted octanol–water partition coefficient (Wildman–Crippen LogP) is 3.88. The number of methoxy groups -OCH3 is 2. The van der Waals surface area contributed by atoms with Gasteiger partial charge in [0, 0.05) is 25.2 Å². The lowest BCUT2D eigenvalue weighted by molar-refractivity contribution is -0.137. The number of carbonyl (C=O) groups excluding carboxylic acids is 1. The van der Waals surface area contributed by atoms with Gasteiger partial charge in [0.1, 0.15) is 0 Å². The molecule has 1 aliphatic heterocycles. The number of anilines is 2. The van der Waals surface area contributed by atoms with Gasteiger partial charge in [-0.05, 0) is 24.3 Å². The Labute approximate surface area is 178 Å². The minimum atomic E-state index is -4.52. The Bertz CT molecular complexity index is 915. The Balaban J connectivity index is 1.78. The summed E-state index contributed by atoms with van der Waals surface area (Å²) in [5.74, 6) is 0.980. The fourth-order valence-corrected chi connectivity index (χ4v) is 3.33. The largest absolute Gasteiger partial charge is 0.493 e. The van der Waals surface area contributed by atoms with E-state index in [0.29, 0.717) is 49.1 Å². The summed E-state index contributed by atoms with van der Waals surface area (Å²) in [7, 11) is 2.99. The molecule has 168 valence electrons. The number of nitrogens with zero attached hydrogens (tertiary/aromatic N) is 1. The number of nitrogens with one attached hydrogen (secondary N) is 2. The van der Waals surface area contributed by atoms with E-state index in [1.807, 2.05) is 4.90 Å². The van der Waals surface area contributed by atoms with E-state index in [4.69, 9.17) is 14.2 Å². The highest BCUT2D eigenvalue weighted by atomic mass is 19.4. The number of hydrogen-bond donors (Lipinski definition) is 2. The average Bonchev–Trinajstić information content (AvgIpc) is 2.77. The lowest BCUT2D eigenvalue weighted by Gasteiger charge is -2.31. The second-order valence-corrected chi connectivity index (χ2v) is 6.79. The van der Waals surface area contributed by atoms with E-state index >= 15 is 0 Å². The SMILES string of the molecule is COc1cccc(CNC(=O)Nc2cc(C(F)(F)F)ccc2N2CCOCC2)c1OC. The minimum absolute atomic E-state index is 0.0758. The van der Waals surface area contributed by atoms with Crippen LogP contribution in [0, 0.1) is 0 Å². The first-order chi connectivity index (χ1) is 14.8. The van der Waals surface area contributed by atoms with Crippen LogP contribution in [0.15, 0.2) is 36.4 Å². The maximum atomic E-state index is 13.2. The Morgan fingerprint density at radius 2 is 1.87 bits per heavy atom. The Hall–Kier alpha value is -3.14. The Morgan fingerprint density at radius 1 is 1.13 bits per heavy atom. The summed E-state index contributed by atoms with van der Waals surface area (Å²) in [6.07, 6.45) is -4.52. The smallest absolute Gasteiger partial charge is 0.416 e. The molecule has 3 rings (SSSR count). The molecule has 0 saturated carbocycles. The van der Waals surface area contributed by atoms with E-state index in [0.717, 1.165) is 12.1 Å². The van der Waals surface area contributed by atoms with Crippen LogP contribution in [0.3, 0.4) is 0 Å². The van der Waals surface area contributed by atoms with Crippen LogP contribution in [0.2, 0.25) is 0 Å². The number of benzene rings is 2. The summed E-state index contributed by atoms with van der Waals surface area (Å²) in [5, 5.41) is 5.20. The van der Waals surface area contributed by atoms with E-state index in [1.54, 1.807) is 18.2 Å². The van der Waals surface area contributed by atoms with Crippen molar-refractivity contribution < 1.29 is 32.2 Å². The van der Waals surface area contributed by atoms with Crippen molar-refractivity contribution in [1.29, 1.82) is 0 Å². The molecule has 0 radical (unpaired) electrons. The van der Waals surface area contributed by atoms with Crippen LogP contribution in [0.5, 0.6) is 11.5 Å². The zero-order valence-corrected chi connectivity index (χ0v) is 17.2. The third-order valence-electron chi connectivity index (χ3n) is 4.85. The van der Waals surface area contributed by atoms with Crippen molar-refractivity contribution >= 4 is 17.4 Å². The van der Waals surface area contributed by atoms with Crippen molar-refractivity contribution in [2.75, 3.05) is 50.7 Å². The van der Waals surface area contributed by atoms with Gasteiger partial charge in [-0.25, -0.2) is 4.79 Å². The molecule has 1 saturated heterocycles. The molecule has 2 N–H and O–H groups in total. The van der Waals surface area contributed by atoms with Crippen LogP contribution in [0.1, 0.15) is 11.1 Å². The van der Waals surface area contributed by atoms with Crippen LogP contribution in [-0.4, -0.2) is 46.6 Å². The fourth-order valence-electron chi connectivity index (χ4n) is 3.33. The van der Waals surface area contributed by atoms with Gasteiger partial charge in [0.25, 0.3) is 0 Å². The molecule has 0 atom stereocenters. The molecule has 0 aromatic heterocycles. The van der Waals surface area contributed by atoms with Gasteiger partial charge in [0.15, 0.2) is 11.5 Å². The number of hydrogen-bond acceptors (Lipinski definition) is 5. The van der Waals surface area contributed by atoms with Crippen LogP contribution in [-0.2, 0) is 17.5 Å². The molecule has 2 aromatic carbocycles. The molecule has 0 spiro atoms. The summed E-state index contributed by atoms with van der Waals surface area (Å²) < 4.78 is 55.5. The molecule has 1 heterocycles. The molecule has 7 nitrogen and oxygen atoms in total. The first-order valence-electron chi connectivity index (χ1n) is 9.62. The number of carbonyl (C=O) groups is 1. The second kappa shape index (κ2) is 9.78. The summed E-state index contributed by atoms with van der Waals surface area (Å²) >= 11 is 0. The molecular formula is C21H24F3N3O4. The zero-order valence-electron chi connectivity index (χ0n) is 17.2. The van der Waals surface area contributed by atoms with Crippen LogP contribution < -0.4 is 25.0 Å². The summed E-state index contributed by atoms with van der Waals surface area (Å²) in [6.45, 7) is 2.05. The number of amides is 2. The maximum absolute atomic E-state index is 13.2. The lowest BCUT2D eigenvalue weighted by atomic mass is 10.1. The molecule has 2 aromatic rings. The van der Waals surface area contributed by atoms with Gasteiger partial charge in [-0.3, -0.25) is 0 Å². The normalized spacial score (nSPS) is 14.2. The summed E-state index contributed by atoms with van der Waals surface area (Å²) in [4.78, 5) is 14.4. The standard InChI is InChI=1S/C21H24F3N3O4/c1-29-18-5-3-4-14(19(18)30-2)13-25-20(28)26-16-12-15(21(22,23)24)6-7-17(16)27-8-10-31-11-9-27/h3-7,12H,8-11,13H2,1-2H3,(H2,25,26,28). The summed E-state index contributed by atoms with van der Waals surface area (Å²) in [5.41, 5.74) is 0.404. The molecule has 2 amide bonds. The predicted molar refractivity (Wildman–Crippen MR) is 110 cm³/mol. The molecule has 0 aliphatic carbocycles. The van der Waals surface area contributed by atoms with Gasteiger partial charge in [0.05, 0.1) is 44.4 Å². The Morgan fingerprint density at radius 3 is 2.52 bits per heavy atom. The second-order valence-electron chi connectivity index (χ2n) is 6.79. The van der Waals surface area contributed by atoms with Gasteiger partial charge in [-0.1, -0.05) is 12.1 Å². The third kappa shape index (κ3) is 5.52. The maximum Gasteiger partial charge on any atom is 0.416 e. The molecule has 10 heteroatoms. The van der Waals surface area contributed by atoms with Crippen LogP contribution >= 0.6 is 0 Å². The van der Waals surface area contributed by atoms with Crippen LogP contribution in [0.25, 0.3) is 0 Å². The monoisotopic (exact) mass is 439 g/mol. The average molecular weight is 439 g/mol. The Kier molecular flexibility index (Phi) is 7.11. The first kappa shape index (κ1) is 22.5. The molecule has 0 bridgehead atoms. The van der Waals surface area contributed by atoms with Crippen molar-refractivity contribution in [2.45, 2.75) is 12.7 Å². The summed E-state index contributed by atoms with van der Waals surface area (Å²) in [6, 6.07) is 7.91. The van der Waals surface area contributed by atoms with Crippen LogP contribution in [0.4, 0.5) is 29.3 Å². The fraction of sp³-hybridized carbons (Fsp3) is 0.381. The highest BCUT2D eigenvalue weighted by molar-refractivity contribution is 5.93. The molecule has 31 heavy (non-hydrogen) atoms. The van der Waals surface area contributed by atoms with Gasteiger partial charge in [-0.15, -0.1) is 0 Å². The minimum Gasteiger partial charge on any atom is -0.493 e. The highest BCUT2D eigenvalue weighted by Gasteiger charge is 2.32.